The smallest absolute Gasteiger partial charge is 0.163 e. The third-order valence-corrected chi connectivity index (χ3v) is 3.71. The van der Waals surface area contributed by atoms with Gasteiger partial charge in [0, 0.05) is 24.8 Å². The Morgan fingerprint density at radius 2 is 2.10 bits per heavy atom. The number of rotatable bonds is 4. The maximum atomic E-state index is 5.80. The molecule has 1 aromatic heterocycles. The number of nitrogens with zero attached hydrogens (tertiary/aromatic N) is 3. The topological polar surface area (TPSA) is 52.0 Å². The molecule has 106 valence electrons. The molecule has 0 radical (unpaired) electrons. The van der Waals surface area contributed by atoms with Crippen LogP contribution in [0.3, 0.4) is 0 Å². The molecule has 0 bridgehead atoms. The summed E-state index contributed by atoms with van der Waals surface area (Å²) in [6.07, 6.45) is 4.76. The van der Waals surface area contributed by atoms with Gasteiger partial charge in [-0.2, -0.15) is 0 Å². The zero-order chi connectivity index (χ0) is 13.9. The first-order valence-corrected chi connectivity index (χ1v) is 7.06. The largest absolute Gasteiger partial charge is 0.382 e. The fourth-order valence-electron chi connectivity index (χ4n) is 2.55. The van der Waals surface area contributed by atoms with E-state index in [1.807, 2.05) is 11.6 Å². The van der Waals surface area contributed by atoms with Gasteiger partial charge in [0.15, 0.2) is 5.82 Å². The fourth-order valence-corrected chi connectivity index (χ4v) is 2.55. The van der Waals surface area contributed by atoms with E-state index in [0.29, 0.717) is 12.2 Å². The molecule has 0 saturated carbocycles. The zero-order valence-electron chi connectivity index (χ0n) is 11.9. The minimum atomic E-state index is 0.336. The second kappa shape index (κ2) is 5.63. The third kappa shape index (κ3) is 2.82. The molecule has 2 atom stereocenters. The van der Waals surface area contributed by atoms with Gasteiger partial charge in [-0.25, -0.2) is 0 Å². The molecule has 2 heterocycles. The predicted octanol–water partition coefficient (Wildman–Crippen LogP) is 2.46. The summed E-state index contributed by atoms with van der Waals surface area (Å²) in [5.74, 6) is 0.879. The van der Waals surface area contributed by atoms with Gasteiger partial charge in [0.25, 0.3) is 0 Å². The zero-order valence-corrected chi connectivity index (χ0v) is 11.9. The van der Waals surface area contributed by atoms with E-state index in [4.69, 9.17) is 4.74 Å². The van der Waals surface area contributed by atoms with Crippen LogP contribution in [0.5, 0.6) is 0 Å². The molecule has 2 aromatic rings. The second-order valence-corrected chi connectivity index (χ2v) is 5.37. The molecule has 1 aliphatic rings. The Balaban J connectivity index is 1.60. The van der Waals surface area contributed by atoms with Crippen molar-refractivity contribution in [2.75, 3.05) is 11.9 Å². The Kier molecular flexibility index (Phi) is 3.69. The first-order chi connectivity index (χ1) is 9.72. The Hall–Kier alpha value is -1.88. The molecule has 0 aliphatic carbocycles. The molecule has 1 aromatic carbocycles. The van der Waals surface area contributed by atoms with Crippen molar-refractivity contribution in [2.24, 2.45) is 7.05 Å². The van der Waals surface area contributed by atoms with Gasteiger partial charge in [-0.15, -0.1) is 10.2 Å². The first kappa shape index (κ1) is 13.1. The van der Waals surface area contributed by atoms with Crippen LogP contribution in [0, 0.1) is 0 Å². The maximum Gasteiger partial charge on any atom is 0.163 e. The maximum absolute atomic E-state index is 5.80. The van der Waals surface area contributed by atoms with Gasteiger partial charge in [-0.3, -0.25) is 0 Å². The molecule has 1 N–H and O–H groups in total. The van der Waals surface area contributed by atoms with Crippen LogP contribution in [-0.4, -0.2) is 33.5 Å². The van der Waals surface area contributed by atoms with E-state index >= 15 is 0 Å². The summed E-state index contributed by atoms with van der Waals surface area (Å²) in [6.45, 7) is 3.00. The molecule has 5 heteroatoms. The van der Waals surface area contributed by atoms with E-state index in [-0.39, 0.29) is 0 Å². The van der Waals surface area contributed by atoms with Crippen LogP contribution in [0.15, 0.2) is 30.6 Å². The van der Waals surface area contributed by atoms with Crippen molar-refractivity contribution in [1.82, 2.24) is 14.8 Å². The van der Waals surface area contributed by atoms with E-state index in [1.54, 1.807) is 6.33 Å². The monoisotopic (exact) mass is 272 g/mol. The van der Waals surface area contributed by atoms with Gasteiger partial charge in [-0.05, 0) is 44.0 Å². The van der Waals surface area contributed by atoms with Crippen LogP contribution < -0.4 is 5.32 Å². The molecule has 3 rings (SSSR count). The average molecular weight is 272 g/mol. The van der Waals surface area contributed by atoms with Gasteiger partial charge in [-0.1, -0.05) is 0 Å². The number of hydrogen-bond donors (Lipinski definition) is 1. The Morgan fingerprint density at radius 1 is 1.30 bits per heavy atom. The van der Waals surface area contributed by atoms with Crippen molar-refractivity contribution in [1.29, 1.82) is 0 Å². The van der Waals surface area contributed by atoms with Crippen molar-refractivity contribution in [2.45, 2.75) is 32.0 Å². The second-order valence-electron chi connectivity index (χ2n) is 5.37. The molecule has 5 nitrogen and oxygen atoms in total. The highest BCUT2D eigenvalue weighted by Crippen LogP contribution is 2.21. The molecule has 2 unspecified atom stereocenters. The van der Waals surface area contributed by atoms with E-state index in [2.05, 4.69) is 46.7 Å². The summed E-state index contributed by atoms with van der Waals surface area (Å²) in [5, 5.41) is 11.4. The third-order valence-electron chi connectivity index (χ3n) is 3.71. The Bertz CT molecular complexity index is 564. The summed E-state index contributed by atoms with van der Waals surface area (Å²) >= 11 is 0. The first-order valence-electron chi connectivity index (χ1n) is 7.06. The molecular formula is C15H20N4O. The van der Waals surface area contributed by atoms with Gasteiger partial charge < -0.3 is 14.6 Å². The van der Waals surface area contributed by atoms with Crippen molar-refractivity contribution in [3.63, 3.8) is 0 Å². The lowest BCUT2D eigenvalue weighted by molar-refractivity contribution is 0.0637. The highest BCUT2D eigenvalue weighted by Gasteiger charge is 2.21. The summed E-state index contributed by atoms with van der Waals surface area (Å²) < 4.78 is 7.71. The molecule has 20 heavy (non-hydrogen) atoms. The van der Waals surface area contributed by atoms with Gasteiger partial charge in [0.1, 0.15) is 6.33 Å². The average Bonchev–Trinajstić information content (AvgIpc) is 3.06. The number of hydrogen-bond acceptors (Lipinski definition) is 4. The van der Waals surface area contributed by atoms with E-state index < -0.39 is 0 Å². The molecule has 0 amide bonds. The number of anilines is 1. The van der Waals surface area contributed by atoms with Crippen LogP contribution in [-0.2, 0) is 11.8 Å². The summed E-state index contributed by atoms with van der Waals surface area (Å²) in [7, 11) is 1.94. The number of aromatic nitrogens is 3. The SMILES string of the molecule is CC1CCC(CNc2ccc(-c3nncn3C)cc2)O1. The number of aryl methyl sites for hydroxylation is 1. The minimum absolute atomic E-state index is 0.336. The van der Waals surface area contributed by atoms with Crippen LogP contribution in [0.4, 0.5) is 5.69 Å². The minimum Gasteiger partial charge on any atom is -0.382 e. The van der Waals surface area contributed by atoms with E-state index in [9.17, 15) is 0 Å². The lowest BCUT2D eigenvalue weighted by Crippen LogP contribution is -2.19. The Labute approximate surface area is 119 Å². The number of benzene rings is 1. The standard InChI is InChI=1S/C15H20N4O/c1-11-3-8-14(20-11)9-16-13-6-4-12(5-7-13)15-18-17-10-19(15)2/h4-7,10-11,14,16H,3,8-9H2,1-2H3. The summed E-state index contributed by atoms with van der Waals surface area (Å²) in [5.41, 5.74) is 2.18. The highest BCUT2D eigenvalue weighted by atomic mass is 16.5. The van der Waals surface area contributed by atoms with Gasteiger partial charge in [0.05, 0.1) is 12.2 Å². The van der Waals surface area contributed by atoms with Crippen LogP contribution in [0.25, 0.3) is 11.4 Å². The lowest BCUT2D eigenvalue weighted by Gasteiger charge is -2.13. The normalized spacial score (nSPS) is 22.1. The van der Waals surface area contributed by atoms with Crippen LogP contribution in [0.2, 0.25) is 0 Å². The van der Waals surface area contributed by atoms with Crippen LogP contribution >= 0.6 is 0 Å². The van der Waals surface area contributed by atoms with Gasteiger partial charge in [0.2, 0.25) is 0 Å². The molecule has 0 spiro atoms. The van der Waals surface area contributed by atoms with E-state index in [0.717, 1.165) is 36.5 Å². The van der Waals surface area contributed by atoms with Crippen molar-refractivity contribution >= 4 is 5.69 Å². The fraction of sp³-hybridized carbons (Fsp3) is 0.467. The van der Waals surface area contributed by atoms with Crippen molar-refractivity contribution in [3.8, 4) is 11.4 Å². The summed E-state index contributed by atoms with van der Waals surface area (Å²) in [4.78, 5) is 0. The van der Waals surface area contributed by atoms with E-state index in [1.165, 1.54) is 0 Å². The predicted molar refractivity (Wildman–Crippen MR) is 78.5 cm³/mol. The molecule has 1 fully saturated rings. The quantitative estimate of drug-likeness (QED) is 0.929. The molecule has 1 saturated heterocycles. The van der Waals surface area contributed by atoms with Crippen molar-refractivity contribution < 1.29 is 4.74 Å². The number of nitrogens with one attached hydrogen (secondary N) is 1. The lowest BCUT2D eigenvalue weighted by atomic mass is 10.2. The number of ether oxygens (including phenoxy) is 1. The molecular weight excluding hydrogens is 252 g/mol. The Morgan fingerprint density at radius 3 is 2.70 bits per heavy atom. The summed E-state index contributed by atoms with van der Waals surface area (Å²) in [6, 6.07) is 8.26. The van der Waals surface area contributed by atoms with Gasteiger partial charge >= 0.3 is 0 Å². The van der Waals surface area contributed by atoms with Crippen LogP contribution in [0.1, 0.15) is 19.8 Å². The highest BCUT2D eigenvalue weighted by molar-refractivity contribution is 5.59. The molecule has 1 aliphatic heterocycles. The van der Waals surface area contributed by atoms with Crippen molar-refractivity contribution in [3.05, 3.63) is 30.6 Å².